The number of halogens is 2. The number of hydrogen-bond donors (Lipinski definition) is 0. The average Bonchev–Trinajstić information content (AvgIpc) is 3.10. The molecule has 2 aliphatic rings. The molecule has 3 rings (SSSR count). The molecule has 3 nitrogen and oxygen atoms in total. The highest BCUT2D eigenvalue weighted by Crippen LogP contribution is 2.30. The lowest BCUT2D eigenvalue weighted by atomic mass is 9.88. The second kappa shape index (κ2) is 7.42. The number of hydrogen-bond acceptors (Lipinski definition) is 2. The van der Waals surface area contributed by atoms with E-state index in [9.17, 15) is 4.79 Å². The highest BCUT2D eigenvalue weighted by molar-refractivity contribution is 6.42. The minimum atomic E-state index is 0.0414. The summed E-state index contributed by atoms with van der Waals surface area (Å²) in [5.41, 5.74) is 0.618. The van der Waals surface area contributed by atoms with Crippen LogP contribution in [0.3, 0.4) is 0 Å². The Morgan fingerprint density at radius 1 is 1.09 bits per heavy atom. The molecule has 0 unspecified atom stereocenters. The molecular weight excluding hydrogens is 331 g/mol. The normalized spacial score (nSPS) is 25.5. The van der Waals surface area contributed by atoms with Crippen molar-refractivity contribution in [2.24, 2.45) is 0 Å². The van der Waals surface area contributed by atoms with Crippen LogP contribution in [-0.2, 0) is 0 Å². The molecule has 126 valence electrons. The van der Waals surface area contributed by atoms with E-state index in [1.54, 1.807) is 18.2 Å². The fraction of sp³-hybridized carbons (Fsp3) is 0.611. The maximum atomic E-state index is 12.9. The molecule has 0 N–H and O–H groups in total. The van der Waals surface area contributed by atoms with Crippen LogP contribution in [-0.4, -0.2) is 47.9 Å². The molecule has 1 saturated heterocycles. The van der Waals surface area contributed by atoms with Crippen molar-refractivity contribution in [2.75, 3.05) is 20.1 Å². The summed E-state index contributed by atoms with van der Waals surface area (Å²) in [5.74, 6) is 0.0414. The van der Waals surface area contributed by atoms with Crippen LogP contribution in [0, 0.1) is 0 Å². The van der Waals surface area contributed by atoms with E-state index in [2.05, 4.69) is 4.90 Å². The Labute approximate surface area is 148 Å². The largest absolute Gasteiger partial charge is 0.337 e. The second-order valence-electron chi connectivity index (χ2n) is 6.71. The van der Waals surface area contributed by atoms with Gasteiger partial charge in [0.1, 0.15) is 0 Å². The Morgan fingerprint density at radius 3 is 2.48 bits per heavy atom. The first kappa shape index (κ1) is 17.1. The topological polar surface area (TPSA) is 23.6 Å². The molecule has 2 fully saturated rings. The molecule has 0 bridgehead atoms. The van der Waals surface area contributed by atoms with Gasteiger partial charge in [0.25, 0.3) is 5.91 Å². The maximum absolute atomic E-state index is 12.9. The summed E-state index contributed by atoms with van der Waals surface area (Å²) in [6, 6.07) is 5.94. The van der Waals surface area contributed by atoms with Gasteiger partial charge in [-0.1, -0.05) is 36.0 Å². The number of nitrogens with zero attached hydrogens (tertiary/aromatic N) is 2. The molecule has 0 aromatic heterocycles. The Morgan fingerprint density at radius 2 is 1.78 bits per heavy atom. The molecule has 0 radical (unpaired) electrons. The third-order valence-corrected chi connectivity index (χ3v) is 6.03. The Balaban J connectivity index is 1.77. The number of benzene rings is 1. The molecule has 1 aliphatic heterocycles. The maximum Gasteiger partial charge on any atom is 0.253 e. The zero-order valence-corrected chi connectivity index (χ0v) is 15.1. The van der Waals surface area contributed by atoms with Gasteiger partial charge in [0, 0.05) is 24.7 Å². The quantitative estimate of drug-likeness (QED) is 0.799. The summed E-state index contributed by atoms with van der Waals surface area (Å²) in [4.78, 5) is 17.4. The highest BCUT2D eigenvalue weighted by Gasteiger charge is 2.35. The van der Waals surface area contributed by atoms with Gasteiger partial charge in [0.2, 0.25) is 0 Å². The van der Waals surface area contributed by atoms with Crippen molar-refractivity contribution in [1.82, 2.24) is 9.80 Å². The Bertz CT molecular complexity index is 572. The first-order valence-corrected chi connectivity index (χ1v) is 9.30. The van der Waals surface area contributed by atoms with Crippen molar-refractivity contribution in [3.05, 3.63) is 33.8 Å². The molecule has 5 heteroatoms. The monoisotopic (exact) mass is 354 g/mol. The summed E-state index contributed by atoms with van der Waals surface area (Å²) in [5, 5.41) is 0.920. The molecule has 2 atom stereocenters. The molecule has 0 spiro atoms. The third kappa shape index (κ3) is 3.67. The van der Waals surface area contributed by atoms with E-state index in [1.807, 2.05) is 11.9 Å². The standard InChI is InChI=1S/C18H24Cl2N2O/c1-21(18(23)13-8-9-14(19)15(20)12-13)16-6-2-3-7-17(16)22-10-4-5-11-22/h8-9,12,16-17H,2-7,10-11H2,1H3/t16-,17-/m1/s1. The average molecular weight is 355 g/mol. The number of carbonyl (C=O) groups is 1. The summed E-state index contributed by atoms with van der Waals surface area (Å²) >= 11 is 12.0. The van der Waals surface area contributed by atoms with E-state index in [4.69, 9.17) is 23.2 Å². The van der Waals surface area contributed by atoms with Gasteiger partial charge in [-0.2, -0.15) is 0 Å². The summed E-state index contributed by atoms with van der Waals surface area (Å²) < 4.78 is 0. The van der Waals surface area contributed by atoms with Gasteiger partial charge in [-0.15, -0.1) is 0 Å². The van der Waals surface area contributed by atoms with Crippen molar-refractivity contribution in [1.29, 1.82) is 0 Å². The molecule has 23 heavy (non-hydrogen) atoms. The first-order chi connectivity index (χ1) is 11.1. The number of likely N-dealkylation sites (tertiary alicyclic amines) is 1. The summed E-state index contributed by atoms with van der Waals surface area (Å²) in [6.45, 7) is 2.35. The molecule has 1 aromatic rings. The summed E-state index contributed by atoms with van der Waals surface area (Å²) in [6.07, 6.45) is 7.33. The van der Waals surface area contributed by atoms with Gasteiger partial charge < -0.3 is 4.90 Å². The minimum Gasteiger partial charge on any atom is -0.337 e. The fourth-order valence-corrected chi connectivity index (χ4v) is 4.32. The Kier molecular flexibility index (Phi) is 5.50. The zero-order chi connectivity index (χ0) is 16.4. The lowest BCUT2D eigenvalue weighted by Gasteiger charge is -2.42. The SMILES string of the molecule is CN(C(=O)c1ccc(Cl)c(Cl)c1)[C@@H]1CCCC[C@H]1N1CCCC1. The van der Waals surface area contributed by atoms with Crippen LogP contribution < -0.4 is 0 Å². The van der Waals surface area contributed by atoms with Gasteiger partial charge >= 0.3 is 0 Å². The lowest BCUT2D eigenvalue weighted by molar-refractivity contribution is 0.0496. The number of carbonyl (C=O) groups excluding carboxylic acids is 1. The first-order valence-electron chi connectivity index (χ1n) is 8.54. The van der Waals surface area contributed by atoms with Crippen LogP contribution in [0.15, 0.2) is 18.2 Å². The summed E-state index contributed by atoms with van der Waals surface area (Å²) in [7, 11) is 1.93. The molecule has 1 saturated carbocycles. The van der Waals surface area contributed by atoms with Crippen LogP contribution in [0.1, 0.15) is 48.9 Å². The van der Waals surface area contributed by atoms with E-state index in [-0.39, 0.29) is 5.91 Å². The molecule has 1 heterocycles. The molecule has 1 aromatic carbocycles. The number of likely N-dealkylation sites (N-methyl/N-ethyl adjacent to an activating group) is 1. The van der Waals surface area contributed by atoms with E-state index in [0.29, 0.717) is 27.7 Å². The smallest absolute Gasteiger partial charge is 0.253 e. The van der Waals surface area contributed by atoms with Crippen molar-refractivity contribution in [2.45, 2.75) is 50.6 Å². The van der Waals surface area contributed by atoms with Gasteiger partial charge in [-0.25, -0.2) is 0 Å². The van der Waals surface area contributed by atoms with Gasteiger partial charge in [-0.3, -0.25) is 9.69 Å². The van der Waals surface area contributed by atoms with Crippen LogP contribution in [0.5, 0.6) is 0 Å². The van der Waals surface area contributed by atoms with Gasteiger partial charge in [0.05, 0.1) is 10.0 Å². The Hall–Kier alpha value is -0.770. The van der Waals surface area contributed by atoms with E-state index in [1.165, 1.54) is 45.2 Å². The van der Waals surface area contributed by atoms with Gasteiger partial charge in [-0.05, 0) is 57.0 Å². The van der Waals surface area contributed by atoms with Crippen molar-refractivity contribution >= 4 is 29.1 Å². The van der Waals surface area contributed by atoms with Crippen LogP contribution in [0.2, 0.25) is 10.0 Å². The number of amides is 1. The van der Waals surface area contributed by atoms with Crippen LogP contribution in [0.25, 0.3) is 0 Å². The molecule has 1 amide bonds. The fourth-order valence-electron chi connectivity index (χ4n) is 4.03. The lowest BCUT2D eigenvalue weighted by Crippen LogP contribution is -2.53. The molecule has 1 aliphatic carbocycles. The predicted octanol–water partition coefficient (Wildman–Crippen LogP) is 4.47. The van der Waals surface area contributed by atoms with E-state index >= 15 is 0 Å². The van der Waals surface area contributed by atoms with Crippen molar-refractivity contribution in [3.63, 3.8) is 0 Å². The number of rotatable bonds is 3. The van der Waals surface area contributed by atoms with Gasteiger partial charge in [0.15, 0.2) is 0 Å². The third-order valence-electron chi connectivity index (χ3n) is 5.29. The van der Waals surface area contributed by atoms with E-state index < -0.39 is 0 Å². The van der Waals surface area contributed by atoms with Crippen molar-refractivity contribution in [3.8, 4) is 0 Å². The highest BCUT2D eigenvalue weighted by atomic mass is 35.5. The second-order valence-corrected chi connectivity index (χ2v) is 7.52. The van der Waals surface area contributed by atoms with Crippen molar-refractivity contribution < 1.29 is 4.79 Å². The molecular formula is C18H24Cl2N2O. The minimum absolute atomic E-state index is 0.0414. The zero-order valence-electron chi connectivity index (χ0n) is 13.6. The van der Waals surface area contributed by atoms with Crippen LogP contribution >= 0.6 is 23.2 Å². The van der Waals surface area contributed by atoms with E-state index in [0.717, 1.165) is 6.42 Å². The predicted molar refractivity (Wildman–Crippen MR) is 95.4 cm³/mol. The van der Waals surface area contributed by atoms with Crippen LogP contribution in [0.4, 0.5) is 0 Å².